The van der Waals surface area contributed by atoms with Crippen molar-refractivity contribution in [2.24, 2.45) is 11.8 Å². The van der Waals surface area contributed by atoms with Crippen LogP contribution in [0.25, 0.3) is 0 Å². The summed E-state index contributed by atoms with van der Waals surface area (Å²) in [7, 11) is 0. The largest absolute Gasteiger partial charge is 0.393 e. The Hall–Kier alpha value is -0.820. The van der Waals surface area contributed by atoms with Crippen molar-refractivity contribution in [2.45, 2.75) is 45.6 Å². The van der Waals surface area contributed by atoms with Gasteiger partial charge in [0, 0.05) is 0 Å². The molecule has 16 heavy (non-hydrogen) atoms. The third-order valence-corrected chi connectivity index (χ3v) is 3.67. The molecule has 88 valence electrons. The number of hydrogen-bond acceptors (Lipinski definition) is 1. The monoisotopic (exact) mass is 218 g/mol. The summed E-state index contributed by atoms with van der Waals surface area (Å²) in [5.74, 6) is 1.15. The molecule has 1 nitrogen and oxygen atoms in total. The van der Waals surface area contributed by atoms with E-state index in [1.54, 1.807) is 0 Å². The molecule has 0 aromatic heterocycles. The van der Waals surface area contributed by atoms with Crippen LogP contribution in [0.5, 0.6) is 0 Å². The zero-order chi connectivity index (χ0) is 11.5. The molecule has 0 radical (unpaired) electrons. The lowest BCUT2D eigenvalue weighted by atomic mass is 9.93. The molecule has 0 spiro atoms. The first-order valence-electron chi connectivity index (χ1n) is 6.41. The predicted octanol–water partition coefficient (Wildman–Crippen LogP) is 3.20. The third kappa shape index (κ3) is 2.65. The van der Waals surface area contributed by atoms with Gasteiger partial charge in [-0.3, -0.25) is 0 Å². The summed E-state index contributed by atoms with van der Waals surface area (Å²) in [6.07, 6.45) is 4.10. The molecular weight excluding hydrogens is 196 g/mol. The summed E-state index contributed by atoms with van der Waals surface area (Å²) in [6.45, 7) is 4.44. The van der Waals surface area contributed by atoms with E-state index in [-0.39, 0.29) is 6.10 Å². The van der Waals surface area contributed by atoms with Gasteiger partial charge in [0.1, 0.15) is 0 Å². The Morgan fingerprint density at radius 3 is 2.19 bits per heavy atom. The van der Waals surface area contributed by atoms with Crippen LogP contribution in [0.1, 0.15) is 37.8 Å². The van der Waals surface area contributed by atoms with Crippen LogP contribution in [0.15, 0.2) is 24.3 Å². The topological polar surface area (TPSA) is 20.2 Å². The Morgan fingerprint density at radius 2 is 1.69 bits per heavy atom. The summed E-state index contributed by atoms with van der Waals surface area (Å²) in [5, 5.41) is 10.2. The fraction of sp³-hybridized carbons (Fsp3) is 0.600. The fourth-order valence-corrected chi connectivity index (χ4v) is 2.60. The first-order chi connectivity index (χ1) is 7.66. The van der Waals surface area contributed by atoms with Gasteiger partial charge in [0.15, 0.2) is 0 Å². The van der Waals surface area contributed by atoms with Gasteiger partial charge in [0.2, 0.25) is 0 Å². The van der Waals surface area contributed by atoms with E-state index in [2.05, 4.69) is 38.1 Å². The Bertz CT molecular complexity index is 318. The molecule has 1 heteroatoms. The van der Waals surface area contributed by atoms with Crippen molar-refractivity contribution in [3.63, 3.8) is 0 Å². The number of hydrogen-bond donors (Lipinski definition) is 1. The lowest BCUT2D eigenvalue weighted by Crippen LogP contribution is -2.21. The Morgan fingerprint density at radius 1 is 1.12 bits per heavy atom. The molecule has 0 amide bonds. The minimum Gasteiger partial charge on any atom is -0.393 e. The van der Waals surface area contributed by atoms with Gasteiger partial charge in [-0.05, 0) is 48.6 Å². The van der Waals surface area contributed by atoms with Crippen molar-refractivity contribution < 1.29 is 5.11 Å². The standard InChI is InChI=1S/C15H22O/c1-11(2)7-8-15(16)14-9-12-5-3-4-6-13(12)10-14/h3-6,11,14-16H,7-10H2,1-2H3. The highest BCUT2D eigenvalue weighted by Gasteiger charge is 2.26. The molecule has 0 bridgehead atoms. The maximum atomic E-state index is 10.2. The zero-order valence-corrected chi connectivity index (χ0v) is 10.3. The van der Waals surface area contributed by atoms with E-state index in [0.717, 1.165) is 25.7 Å². The molecule has 1 N–H and O–H groups in total. The normalized spacial score (nSPS) is 17.8. The number of fused-ring (bicyclic) bond motifs is 1. The Balaban J connectivity index is 1.90. The van der Waals surface area contributed by atoms with Crippen LogP contribution in [0.4, 0.5) is 0 Å². The molecule has 1 aliphatic rings. The van der Waals surface area contributed by atoms with E-state index in [4.69, 9.17) is 0 Å². The van der Waals surface area contributed by atoms with Gasteiger partial charge in [0.25, 0.3) is 0 Å². The van der Waals surface area contributed by atoms with Crippen molar-refractivity contribution in [1.82, 2.24) is 0 Å². The van der Waals surface area contributed by atoms with Crippen LogP contribution in [0.3, 0.4) is 0 Å². The van der Waals surface area contributed by atoms with E-state index >= 15 is 0 Å². The molecule has 0 aliphatic heterocycles. The number of rotatable bonds is 4. The molecule has 1 aromatic carbocycles. The van der Waals surface area contributed by atoms with Crippen LogP contribution >= 0.6 is 0 Å². The van der Waals surface area contributed by atoms with Gasteiger partial charge < -0.3 is 5.11 Å². The SMILES string of the molecule is CC(C)CCC(O)C1Cc2ccccc2C1. The molecule has 2 rings (SSSR count). The highest BCUT2D eigenvalue weighted by molar-refractivity contribution is 5.32. The first kappa shape index (κ1) is 11.7. The lowest BCUT2D eigenvalue weighted by Gasteiger charge is -2.18. The average Bonchev–Trinajstić information content (AvgIpc) is 2.69. The minimum atomic E-state index is -0.116. The van der Waals surface area contributed by atoms with Crippen molar-refractivity contribution in [3.05, 3.63) is 35.4 Å². The van der Waals surface area contributed by atoms with Crippen LogP contribution in [0, 0.1) is 11.8 Å². The maximum Gasteiger partial charge on any atom is 0.0574 e. The molecule has 1 aromatic rings. The second-order valence-corrected chi connectivity index (χ2v) is 5.48. The van der Waals surface area contributed by atoms with Crippen molar-refractivity contribution in [1.29, 1.82) is 0 Å². The second kappa shape index (κ2) is 5.01. The van der Waals surface area contributed by atoms with Crippen molar-refractivity contribution in [2.75, 3.05) is 0 Å². The first-order valence-corrected chi connectivity index (χ1v) is 6.41. The van der Waals surface area contributed by atoms with Gasteiger partial charge in [-0.2, -0.15) is 0 Å². The Labute approximate surface area is 98.5 Å². The van der Waals surface area contributed by atoms with E-state index in [1.165, 1.54) is 11.1 Å². The summed E-state index contributed by atoms with van der Waals surface area (Å²) >= 11 is 0. The lowest BCUT2D eigenvalue weighted by molar-refractivity contribution is 0.0976. The van der Waals surface area contributed by atoms with E-state index in [0.29, 0.717) is 11.8 Å². The van der Waals surface area contributed by atoms with Crippen LogP contribution in [-0.2, 0) is 12.8 Å². The predicted molar refractivity (Wildman–Crippen MR) is 67.4 cm³/mol. The number of benzene rings is 1. The zero-order valence-electron chi connectivity index (χ0n) is 10.3. The van der Waals surface area contributed by atoms with E-state index in [9.17, 15) is 5.11 Å². The van der Waals surface area contributed by atoms with Gasteiger partial charge in [-0.15, -0.1) is 0 Å². The van der Waals surface area contributed by atoms with Gasteiger partial charge >= 0.3 is 0 Å². The highest BCUT2D eigenvalue weighted by atomic mass is 16.3. The molecular formula is C15H22O. The smallest absolute Gasteiger partial charge is 0.0574 e. The van der Waals surface area contributed by atoms with Gasteiger partial charge in [0.05, 0.1) is 6.10 Å². The summed E-state index contributed by atoms with van der Waals surface area (Å²) in [6, 6.07) is 8.60. The van der Waals surface area contributed by atoms with Crippen LogP contribution in [0.2, 0.25) is 0 Å². The number of aliphatic hydroxyl groups excluding tert-OH is 1. The average molecular weight is 218 g/mol. The van der Waals surface area contributed by atoms with E-state index in [1.807, 2.05) is 0 Å². The highest BCUT2D eigenvalue weighted by Crippen LogP contribution is 2.30. The maximum absolute atomic E-state index is 10.2. The van der Waals surface area contributed by atoms with Gasteiger partial charge in [-0.1, -0.05) is 38.1 Å². The Kier molecular flexibility index (Phi) is 3.65. The summed E-state index contributed by atoms with van der Waals surface area (Å²) < 4.78 is 0. The second-order valence-electron chi connectivity index (χ2n) is 5.48. The molecule has 0 heterocycles. The quantitative estimate of drug-likeness (QED) is 0.823. The summed E-state index contributed by atoms with van der Waals surface area (Å²) in [4.78, 5) is 0. The molecule has 0 saturated heterocycles. The molecule has 0 fully saturated rings. The van der Waals surface area contributed by atoms with Crippen LogP contribution in [-0.4, -0.2) is 11.2 Å². The number of aliphatic hydroxyl groups is 1. The fourth-order valence-electron chi connectivity index (χ4n) is 2.60. The molecule has 1 aliphatic carbocycles. The van der Waals surface area contributed by atoms with E-state index < -0.39 is 0 Å². The molecule has 1 unspecified atom stereocenters. The molecule has 1 atom stereocenters. The van der Waals surface area contributed by atoms with Crippen LogP contribution < -0.4 is 0 Å². The third-order valence-electron chi connectivity index (χ3n) is 3.67. The van der Waals surface area contributed by atoms with Crippen molar-refractivity contribution in [3.8, 4) is 0 Å². The van der Waals surface area contributed by atoms with Gasteiger partial charge in [-0.25, -0.2) is 0 Å². The minimum absolute atomic E-state index is 0.116. The van der Waals surface area contributed by atoms with Crippen molar-refractivity contribution >= 4 is 0 Å². The summed E-state index contributed by atoms with van der Waals surface area (Å²) in [5.41, 5.74) is 2.88. The molecule has 0 saturated carbocycles.